The van der Waals surface area contributed by atoms with Crippen molar-refractivity contribution in [2.45, 2.75) is 38.9 Å². The number of ether oxygens (including phenoxy) is 2. The van der Waals surface area contributed by atoms with Crippen LogP contribution in [0.5, 0.6) is 0 Å². The second-order valence-corrected chi connectivity index (χ2v) is 6.67. The number of benzene rings is 1. The minimum atomic E-state index is -2.36. The Labute approximate surface area is 157 Å². The van der Waals surface area contributed by atoms with E-state index in [2.05, 4.69) is 0 Å². The van der Waals surface area contributed by atoms with Gasteiger partial charge in [-0.1, -0.05) is 18.2 Å². The maximum Gasteiger partial charge on any atom is 0.343 e. The maximum atomic E-state index is 13.4. The number of rotatable bonds is 7. The van der Waals surface area contributed by atoms with Gasteiger partial charge in [-0.2, -0.15) is 0 Å². The fraction of sp³-hybridized carbons (Fsp3) is 0.450. The van der Waals surface area contributed by atoms with E-state index in [1.807, 2.05) is 0 Å². The van der Waals surface area contributed by atoms with Crippen LogP contribution in [0.3, 0.4) is 0 Å². The molecule has 1 fully saturated rings. The maximum absolute atomic E-state index is 13.4. The Bertz CT molecular complexity index is 757. The zero-order valence-corrected chi connectivity index (χ0v) is 15.5. The van der Waals surface area contributed by atoms with Crippen molar-refractivity contribution in [2.75, 3.05) is 6.61 Å². The van der Waals surface area contributed by atoms with E-state index >= 15 is 0 Å². The Hall–Kier alpha value is -2.54. The highest BCUT2D eigenvalue weighted by Crippen LogP contribution is 2.41. The number of hydrogen-bond donors (Lipinski definition) is 1. The summed E-state index contributed by atoms with van der Waals surface area (Å²) in [7, 11) is 0. The van der Waals surface area contributed by atoms with Gasteiger partial charge in [0.25, 0.3) is 0 Å². The first-order valence-corrected chi connectivity index (χ1v) is 8.76. The highest BCUT2D eigenvalue weighted by Gasteiger charge is 2.59. The Morgan fingerprint density at radius 1 is 1.41 bits per heavy atom. The smallest absolute Gasteiger partial charge is 0.343 e. The van der Waals surface area contributed by atoms with Crippen LogP contribution in [-0.2, 0) is 23.9 Å². The van der Waals surface area contributed by atoms with Gasteiger partial charge in [0, 0.05) is 6.42 Å². The number of ketones is 1. The van der Waals surface area contributed by atoms with Crippen LogP contribution in [0.2, 0.25) is 0 Å². The molecule has 2 rings (SSSR count). The Balaban J connectivity index is 2.38. The molecule has 1 aliphatic rings. The van der Waals surface area contributed by atoms with Crippen LogP contribution in [0.4, 0.5) is 4.39 Å². The van der Waals surface area contributed by atoms with Gasteiger partial charge in [0.1, 0.15) is 11.6 Å². The average molecular weight is 378 g/mol. The first-order valence-electron chi connectivity index (χ1n) is 8.76. The van der Waals surface area contributed by atoms with Gasteiger partial charge < -0.3 is 14.6 Å². The topological polar surface area (TPSA) is 89.9 Å². The third-order valence-electron chi connectivity index (χ3n) is 4.28. The molecule has 0 heterocycles. The van der Waals surface area contributed by atoms with Crippen molar-refractivity contribution < 1.29 is 33.4 Å². The number of carbonyl (C=O) groups is 3. The molecule has 1 N–H and O–H groups in total. The summed E-state index contributed by atoms with van der Waals surface area (Å²) in [5.74, 6) is -4.89. The van der Waals surface area contributed by atoms with E-state index in [0.717, 1.165) is 6.08 Å². The lowest BCUT2D eigenvalue weighted by Crippen LogP contribution is -2.59. The Morgan fingerprint density at radius 2 is 2.11 bits per heavy atom. The summed E-state index contributed by atoms with van der Waals surface area (Å²) in [4.78, 5) is 36.8. The summed E-state index contributed by atoms with van der Waals surface area (Å²) in [6, 6.07) is 5.49. The van der Waals surface area contributed by atoms with Crippen molar-refractivity contribution in [3.05, 3.63) is 41.7 Å². The molecule has 1 aromatic carbocycles. The first-order chi connectivity index (χ1) is 12.7. The number of Topliss-reactive ketones (excluding diaryl/α,β-unsaturated/α-hetero) is 1. The third-order valence-corrected chi connectivity index (χ3v) is 4.28. The van der Waals surface area contributed by atoms with Crippen molar-refractivity contribution in [1.29, 1.82) is 0 Å². The summed E-state index contributed by atoms with van der Waals surface area (Å²) in [5.41, 5.74) is -1.98. The molecule has 6 nitrogen and oxygen atoms in total. The first kappa shape index (κ1) is 20.8. The number of halogens is 1. The zero-order valence-electron chi connectivity index (χ0n) is 15.5. The summed E-state index contributed by atoms with van der Waals surface area (Å²) in [6.07, 6.45) is 1.75. The van der Waals surface area contributed by atoms with Gasteiger partial charge in [0.2, 0.25) is 0 Å². The zero-order chi connectivity index (χ0) is 20.2. The number of carbonyl (C=O) groups excluding carboxylic acids is 3. The van der Waals surface area contributed by atoms with Gasteiger partial charge in [-0.3, -0.25) is 9.59 Å². The van der Waals surface area contributed by atoms with E-state index in [-0.39, 0.29) is 13.0 Å². The molecule has 3 atom stereocenters. The summed E-state index contributed by atoms with van der Waals surface area (Å²) in [5, 5.41) is 11.1. The van der Waals surface area contributed by atoms with Crippen LogP contribution in [-0.4, -0.2) is 41.1 Å². The van der Waals surface area contributed by atoms with Gasteiger partial charge in [0.05, 0.1) is 24.5 Å². The standard InChI is InChI=1S/C20H23FO6/c1-4-26-18(23)15-11-16(22)17(15)20(25,19(24)27-12(2)3)9-8-13-6-5-7-14(21)10-13/h5-10,12,15,17,25H,4,11H2,1-3H3/b9-8+/t15-,17+,20+/m0/s1. The van der Waals surface area contributed by atoms with Gasteiger partial charge in [0.15, 0.2) is 5.60 Å². The second-order valence-electron chi connectivity index (χ2n) is 6.67. The lowest BCUT2D eigenvalue weighted by Gasteiger charge is -2.41. The molecule has 0 aliphatic heterocycles. The normalized spacial score (nSPS) is 21.6. The van der Waals surface area contributed by atoms with Gasteiger partial charge in [-0.25, -0.2) is 9.18 Å². The van der Waals surface area contributed by atoms with E-state index in [0.29, 0.717) is 5.56 Å². The van der Waals surface area contributed by atoms with Crippen molar-refractivity contribution in [2.24, 2.45) is 11.8 Å². The molecule has 0 unspecified atom stereocenters. The second kappa shape index (κ2) is 8.43. The van der Waals surface area contributed by atoms with Crippen molar-refractivity contribution in [1.82, 2.24) is 0 Å². The predicted molar refractivity (Wildman–Crippen MR) is 94.8 cm³/mol. The molecule has 1 saturated carbocycles. The number of esters is 2. The van der Waals surface area contributed by atoms with Crippen LogP contribution in [0.1, 0.15) is 32.8 Å². The molecule has 0 spiro atoms. The van der Waals surface area contributed by atoms with Crippen LogP contribution in [0.15, 0.2) is 30.3 Å². The Kier molecular flexibility index (Phi) is 6.49. The molecule has 27 heavy (non-hydrogen) atoms. The highest BCUT2D eigenvalue weighted by atomic mass is 19.1. The van der Waals surface area contributed by atoms with Crippen LogP contribution in [0, 0.1) is 17.7 Å². The lowest BCUT2D eigenvalue weighted by atomic mass is 9.63. The van der Waals surface area contributed by atoms with Crippen LogP contribution in [0.25, 0.3) is 6.08 Å². The Morgan fingerprint density at radius 3 is 2.67 bits per heavy atom. The molecule has 0 amide bonds. The fourth-order valence-corrected chi connectivity index (χ4v) is 2.99. The minimum absolute atomic E-state index is 0.115. The van der Waals surface area contributed by atoms with E-state index in [9.17, 15) is 23.9 Å². The van der Waals surface area contributed by atoms with Crippen LogP contribution >= 0.6 is 0 Å². The number of hydrogen-bond acceptors (Lipinski definition) is 6. The van der Waals surface area contributed by atoms with E-state index < -0.39 is 47.1 Å². The third kappa shape index (κ3) is 4.60. The van der Waals surface area contributed by atoms with Gasteiger partial charge in [-0.05, 0) is 44.5 Å². The monoisotopic (exact) mass is 378 g/mol. The summed E-state index contributed by atoms with van der Waals surface area (Å²) >= 11 is 0. The van der Waals surface area contributed by atoms with Gasteiger partial charge in [-0.15, -0.1) is 0 Å². The highest BCUT2D eigenvalue weighted by molar-refractivity contribution is 6.02. The molecule has 1 aromatic rings. The summed E-state index contributed by atoms with van der Waals surface area (Å²) < 4.78 is 23.4. The van der Waals surface area contributed by atoms with Crippen molar-refractivity contribution >= 4 is 23.8 Å². The predicted octanol–water partition coefficient (Wildman–Crippen LogP) is 2.29. The van der Waals surface area contributed by atoms with E-state index in [1.165, 1.54) is 24.3 Å². The molecule has 0 radical (unpaired) electrons. The van der Waals surface area contributed by atoms with Gasteiger partial charge >= 0.3 is 11.9 Å². The van der Waals surface area contributed by atoms with Crippen molar-refractivity contribution in [3.8, 4) is 0 Å². The molecule has 0 saturated heterocycles. The lowest BCUT2D eigenvalue weighted by molar-refractivity contribution is -0.185. The average Bonchev–Trinajstić information content (AvgIpc) is 2.57. The summed E-state index contributed by atoms with van der Waals surface area (Å²) in [6.45, 7) is 4.93. The quantitative estimate of drug-likeness (QED) is 0.732. The molecular formula is C20H23FO6. The minimum Gasteiger partial charge on any atom is -0.466 e. The molecule has 7 heteroatoms. The fourth-order valence-electron chi connectivity index (χ4n) is 2.99. The number of aliphatic hydroxyl groups is 1. The molecule has 0 aromatic heterocycles. The molecular weight excluding hydrogens is 355 g/mol. The SMILES string of the molecule is CCOC(=O)[C@H]1CC(=O)[C@@H]1[C@](O)(/C=C/c1cccc(F)c1)C(=O)OC(C)C. The largest absolute Gasteiger partial charge is 0.466 e. The van der Waals surface area contributed by atoms with Crippen molar-refractivity contribution in [3.63, 3.8) is 0 Å². The molecule has 1 aliphatic carbocycles. The van der Waals surface area contributed by atoms with E-state index in [4.69, 9.17) is 9.47 Å². The van der Waals surface area contributed by atoms with Crippen LogP contribution < -0.4 is 0 Å². The molecule has 146 valence electrons. The molecule has 0 bridgehead atoms. The van der Waals surface area contributed by atoms with E-state index in [1.54, 1.807) is 26.8 Å².